The van der Waals surface area contributed by atoms with Crippen molar-refractivity contribution < 1.29 is 28.6 Å². The van der Waals surface area contributed by atoms with Crippen LogP contribution in [0.3, 0.4) is 0 Å². The van der Waals surface area contributed by atoms with E-state index in [0.29, 0.717) is 40.9 Å². The Bertz CT molecular complexity index is 1070. The Morgan fingerprint density at radius 1 is 1.32 bits per heavy atom. The predicted octanol–water partition coefficient (Wildman–Crippen LogP) is 3.20. The smallest absolute Gasteiger partial charge is 0.336 e. The summed E-state index contributed by atoms with van der Waals surface area (Å²) in [6.45, 7) is 8.97. The Labute approximate surface area is 180 Å². The van der Waals surface area contributed by atoms with Crippen LogP contribution in [0.4, 0.5) is 0 Å². The number of carbonyl (C=O) groups is 2. The van der Waals surface area contributed by atoms with Crippen LogP contribution >= 0.6 is 0 Å². The molecule has 0 bridgehead atoms. The van der Waals surface area contributed by atoms with Gasteiger partial charge in [0.05, 0.1) is 5.39 Å². The Balaban J connectivity index is 1.92. The highest BCUT2D eigenvalue weighted by Crippen LogP contribution is 2.42. The van der Waals surface area contributed by atoms with Gasteiger partial charge in [-0.2, -0.15) is 0 Å². The first-order chi connectivity index (χ1) is 14.5. The number of carbonyl (C=O) groups excluding carboxylic acids is 1. The summed E-state index contributed by atoms with van der Waals surface area (Å²) in [4.78, 5) is 35.9. The number of aryl methyl sites for hydroxylation is 2. The first-order valence-corrected chi connectivity index (χ1v) is 10.5. The maximum atomic E-state index is 12.4. The lowest BCUT2D eigenvalue weighted by molar-refractivity contribution is -0.143. The van der Waals surface area contributed by atoms with Crippen molar-refractivity contribution in [3.8, 4) is 11.5 Å². The summed E-state index contributed by atoms with van der Waals surface area (Å²) in [5.41, 5.74) is 1.01. The Kier molecular flexibility index (Phi) is 6.29. The second-order valence-electron chi connectivity index (χ2n) is 8.72. The van der Waals surface area contributed by atoms with Crippen molar-refractivity contribution in [3.63, 3.8) is 0 Å². The average Bonchev–Trinajstić information content (AvgIpc) is 2.67. The highest BCUT2D eigenvalue weighted by molar-refractivity contribution is 5.92. The number of fused-ring (bicyclic) bond motifs is 3. The molecule has 0 aliphatic carbocycles. The minimum atomic E-state index is -1.09. The van der Waals surface area contributed by atoms with E-state index < -0.39 is 23.5 Å². The number of hydrogen-bond donors (Lipinski definition) is 2. The lowest BCUT2D eigenvalue weighted by Gasteiger charge is -2.33. The Morgan fingerprint density at radius 2 is 2.03 bits per heavy atom. The number of ether oxygens (including phenoxy) is 2. The van der Waals surface area contributed by atoms with E-state index in [4.69, 9.17) is 13.9 Å². The van der Waals surface area contributed by atoms with E-state index in [9.17, 15) is 19.5 Å². The number of nitrogens with one attached hydrogen (secondary N) is 1. The van der Waals surface area contributed by atoms with Gasteiger partial charge in [-0.3, -0.25) is 4.79 Å². The van der Waals surface area contributed by atoms with Crippen LogP contribution in [0.1, 0.15) is 51.7 Å². The van der Waals surface area contributed by atoms with Gasteiger partial charge < -0.3 is 24.3 Å². The van der Waals surface area contributed by atoms with Crippen LogP contribution in [0.25, 0.3) is 11.0 Å². The molecule has 3 rings (SSSR count). The van der Waals surface area contributed by atoms with Gasteiger partial charge in [0, 0.05) is 17.7 Å². The molecule has 1 amide bonds. The second-order valence-corrected chi connectivity index (χ2v) is 8.72. The zero-order valence-electron chi connectivity index (χ0n) is 18.5. The van der Waals surface area contributed by atoms with Gasteiger partial charge in [0.2, 0.25) is 0 Å². The molecule has 2 N–H and O–H groups in total. The summed E-state index contributed by atoms with van der Waals surface area (Å²) >= 11 is 0. The molecule has 8 heteroatoms. The molecule has 0 saturated carbocycles. The van der Waals surface area contributed by atoms with Gasteiger partial charge in [-0.25, -0.2) is 9.59 Å². The van der Waals surface area contributed by atoms with Crippen molar-refractivity contribution in [3.05, 3.63) is 33.7 Å². The summed E-state index contributed by atoms with van der Waals surface area (Å²) < 4.78 is 17.4. The molecule has 0 saturated heterocycles. The van der Waals surface area contributed by atoms with Crippen molar-refractivity contribution in [2.24, 2.45) is 5.92 Å². The molecule has 2 heterocycles. The van der Waals surface area contributed by atoms with Crippen molar-refractivity contribution in [2.75, 3.05) is 6.61 Å². The van der Waals surface area contributed by atoms with Gasteiger partial charge in [0.1, 0.15) is 28.7 Å². The third-order valence-corrected chi connectivity index (χ3v) is 5.76. The third-order valence-electron chi connectivity index (χ3n) is 5.76. The van der Waals surface area contributed by atoms with Gasteiger partial charge in [-0.15, -0.1) is 0 Å². The lowest BCUT2D eigenvalue weighted by atomic mass is 9.92. The molecule has 2 atom stereocenters. The minimum Gasteiger partial charge on any atom is -0.487 e. The molecule has 0 radical (unpaired) electrons. The number of hydrogen-bond acceptors (Lipinski definition) is 6. The molecule has 31 heavy (non-hydrogen) atoms. The fraction of sp³-hybridized carbons (Fsp3) is 0.522. The van der Waals surface area contributed by atoms with Crippen molar-refractivity contribution in [2.45, 2.75) is 65.5 Å². The van der Waals surface area contributed by atoms with E-state index in [1.807, 2.05) is 20.8 Å². The third kappa shape index (κ3) is 4.84. The van der Waals surface area contributed by atoms with Crippen molar-refractivity contribution in [1.29, 1.82) is 0 Å². The van der Waals surface area contributed by atoms with E-state index in [2.05, 4.69) is 5.32 Å². The highest BCUT2D eigenvalue weighted by atomic mass is 16.5. The van der Waals surface area contributed by atoms with Gasteiger partial charge in [-0.05, 0) is 45.1 Å². The molecule has 1 aromatic heterocycles. The van der Waals surface area contributed by atoms with Crippen molar-refractivity contribution >= 4 is 22.8 Å². The quantitative estimate of drug-likeness (QED) is 0.647. The fourth-order valence-electron chi connectivity index (χ4n) is 3.78. The van der Waals surface area contributed by atoms with E-state index in [1.165, 1.54) is 6.07 Å². The number of carboxylic acids is 1. The molecular weight excluding hydrogens is 402 g/mol. The number of benzene rings is 1. The van der Waals surface area contributed by atoms with Gasteiger partial charge >= 0.3 is 11.6 Å². The van der Waals surface area contributed by atoms with Gasteiger partial charge in [0.25, 0.3) is 5.91 Å². The molecule has 2 unspecified atom stereocenters. The monoisotopic (exact) mass is 431 g/mol. The summed E-state index contributed by atoms with van der Waals surface area (Å²) in [7, 11) is 0. The largest absolute Gasteiger partial charge is 0.487 e. The molecule has 0 spiro atoms. The first kappa shape index (κ1) is 22.7. The van der Waals surface area contributed by atoms with E-state index in [-0.39, 0.29) is 18.1 Å². The maximum Gasteiger partial charge on any atom is 0.336 e. The van der Waals surface area contributed by atoms with Crippen molar-refractivity contribution in [1.82, 2.24) is 5.32 Å². The summed E-state index contributed by atoms with van der Waals surface area (Å²) in [6, 6.07) is 2.09. The molecular formula is C23H29NO7. The maximum absolute atomic E-state index is 12.4. The van der Waals surface area contributed by atoms with Crippen LogP contribution in [-0.2, 0) is 16.0 Å². The Morgan fingerprint density at radius 3 is 2.68 bits per heavy atom. The molecule has 2 aromatic rings. The molecule has 0 fully saturated rings. The molecule has 8 nitrogen and oxygen atoms in total. The van der Waals surface area contributed by atoms with Crippen LogP contribution in [0.15, 0.2) is 21.3 Å². The fourth-order valence-corrected chi connectivity index (χ4v) is 3.78. The van der Waals surface area contributed by atoms with E-state index >= 15 is 0 Å². The number of aliphatic carboxylic acids is 1. The van der Waals surface area contributed by atoms with Crippen LogP contribution in [0.5, 0.6) is 11.5 Å². The summed E-state index contributed by atoms with van der Waals surface area (Å²) in [6.07, 6.45) is 2.06. The number of carboxylic acid groups (broad SMARTS) is 1. The number of amides is 1. The Hall–Kier alpha value is -3.03. The zero-order chi connectivity index (χ0) is 22.9. The topological polar surface area (TPSA) is 115 Å². The normalized spacial score (nSPS) is 16.7. The predicted molar refractivity (Wildman–Crippen MR) is 115 cm³/mol. The first-order valence-electron chi connectivity index (χ1n) is 10.5. The van der Waals surface area contributed by atoms with Crippen LogP contribution < -0.4 is 20.4 Å². The van der Waals surface area contributed by atoms with Gasteiger partial charge in [0.15, 0.2) is 6.61 Å². The number of rotatable bonds is 7. The summed E-state index contributed by atoms with van der Waals surface area (Å²) in [5, 5.41) is 12.5. The average molecular weight is 431 g/mol. The van der Waals surface area contributed by atoms with Crippen LogP contribution in [0, 0.1) is 12.8 Å². The lowest BCUT2D eigenvalue weighted by Crippen LogP contribution is -2.46. The molecule has 1 aromatic carbocycles. The molecule has 1 aliphatic rings. The second kappa shape index (κ2) is 8.61. The molecule has 1 aliphatic heterocycles. The zero-order valence-corrected chi connectivity index (χ0v) is 18.5. The highest BCUT2D eigenvalue weighted by Gasteiger charge is 2.31. The van der Waals surface area contributed by atoms with E-state index in [0.717, 1.165) is 12.0 Å². The van der Waals surface area contributed by atoms with Crippen LogP contribution in [-0.4, -0.2) is 35.2 Å². The van der Waals surface area contributed by atoms with Gasteiger partial charge in [-0.1, -0.05) is 20.3 Å². The van der Waals surface area contributed by atoms with Crippen LogP contribution in [0.2, 0.25) is 0 Å². The molecule has 168 valence electrons. The van der Waals surface area contributed by atoms with E-state index in [1.54, 1.807) is 19.9 Å². The SMILES string of the molecule is CCC(C)C(NC(=O)COc1cc2c(c3oc(=O)cc(C)c13)CCC(C)(C)O2)C(=O)O. The minimum absolute atomic E-state index is 0.224. The summed E-state index contributed by atoms with van der Waals surface area (Å²) in [5.74, 6) is -0.961. The standard InChI is InChI=1S/C23H29NO7/c1-6-12(2)20(22(27)28)24-17(25)11-29-16-10-15-14(7-8-23(4,5)31-15)21-19(16)13(3)9-18(26)30-21/h9-10,12,20H,6-8,11H2,1-5H3,(H,24,25)(H,27,28).